The van der Waals surface area contributed by atoms with Gasteiger partial charge in [-0.05, 0) is 24.3 Å². The average molecular weight is 421 g/mol. The lowest BCUT2D eigenvalue weighted by molar-refractivity contribution is -0.118. The molecule has 25 heavy (non-hydrogen) atoms. The highest BCUT2D eigenvalue weighted by Crippen LogP contribution is 2.52. The van der Waals surface area contributed by atoms with E-state index in [1.807, 2.05) is 12.1 Å². The predicted octanol–water partition coefficient (Wildman–Crippen LogP) is 4.85. The van der Waals surface area contributed by atoms with Gasteiger partial charge in [0, 0.05) is 25.5 Å². The van der Waals surface area contributed by atoms with Gasteiger partial charge in [-0.2, -0.15) is 0 Å². The Hall–Kier alpha value is -1.39. The van der Waals surface area contributed by atoms with Crippen molar-refractivity contribution in [3.05, 3.63) is 60.7 Å². The zero-order chi connectivity index (χ0) is 18.7. The first-order valence-corrected chi connectivity index (χ1v) is 9.99. The molecule has 5 nitrogen and oxygen atoms in total. The van der Waals surface area contributed by atoms with Crippen LogP contribution < -0.4 is 14.4 Å². The molecule has 0 aliphatic rings. The third-order valence-electron chi connectivity index (χ3n) is 3.58. The van der Waals surface area contributed by atoms with Gasteiger partial charge in [-0.25, -0.2) is 4.57 Å². The Bertz CT molecular complexity index is 720. The summed E-state index contributed by atoms with van der Waals surface area (Å²) in [5.74, 6) is -0.966. The summed E-state index contributed by atoms with van der Waals surface area (Å²) in [5.41, 5.74) is 1.27. The van der Waals surface area contributed by atoms with Crippen LogP contribution in [0.25, 0.3) is 0 Å². The van der Waals surface area contributed by atoms with Gasteiger partial charge in [-0.3, -0.25) is 19.2 Å². The fraction of sp³-hybridized carbons (Fsp3) is 0.188. The summed E-state index contributed by atoms with van der Waals surface area (Å²) in [7, 11) is -0.473. The van der Waals surface area contributed by atoms with Crippen molar-refractivity contribution in [1.29, 1.82) is 0 Å². The lowest BCUT2D eigenvalue weighted by atomic mass is 10.3. The summed E-state index contributed by atoms with van der Waals surface area (Å²) in [6.45, 7) is 0. The molecular formula is C16H17Cl3N3O2P. The van der Waals surface area contributed by atoms with Gasteiger partial charge in [-0.15, -0.1) is 0 Å². The molecular weight excluding hydrogens is 404 g/mol. The molecule has 0 atom stereocenters. The number of nitrogens with zero attached hydrogens (tertiary/aromatic N) is 2. The summed E-state index contributed by atoms with van der Waals surface area (Å²) < 4.78 is 14.5. The maximum absolute atomic E-state index is 13.8. The minimum Gasteiger partial charge on any atom is -0.293 e. The van der Waals surface area contributed by atoms with Crippen LogP contribution in [-0.2, 0) is 9.36 Å². The Morgan fingerprint density at radius 3 is 1.56 bits per heavy atom. The standard InChI is InChI=1S/C16H17Cl3N3O2P/c1-21(13-9-5-3-6-10-13)25(24,20-15(23)16(17,18)19)22(2)14-11-7-4-8-12-14/h3-12H,1-2H3,(H,20,23,24). The van der Waals surface area contributed by atoms with Crippen molar-refractivity contribution in [2.75, 3.05) is 23.4 Å². The van der Waals surface area contributed by atoms with Crippen molar-refractivity contribution in [2.24, 2.45) is 0 Å². The zero-order valence-corrected chi connectivity index (χ0v) is 16.7. The second-order valence-electron chi connectivity index (χ2n) is 5.20. The summed E-state index contributed by atoms with van der Waals surface area (Å²) >= 11 is 17.0. The van der Waals surface area contributed by atoms with Gasteiger partial charge in [0.1, 0.15) is 0 Å². The summed E-state index contributed by atoms with van der Waals surface area (Å²) in [6.07, 6.45) is 0. The highest BCUT2D eigenvalue weighted by Gasteiger charge is 2.41. The predicted molar refractivity (Wildman–Crippen MR) is 106 cm³/mol. The minimum atomic E-state index is -3.68. The first-order chi connectivity index (χ1) is 11.7. The number of anilines is 2. The Labute approximate surface area is 162 Å². The van der Waals surface area contributed by atoms with Gasteiger partial charge in [0.15, 0.2) is 0 Å². The molecule has 1 N–H and O–H groups in total. The molecule has 2 rings (SSSR count). The van der Waals surface area contributed by atoms with Crippen LogP contribution in [0.5, 0.6) is 0 Å². The van der Waals surface area contributed by atoms with E-state index < -0.39 is 17.3 Å². The number of benzene rings is 2. The maximum atomic E-state index is 13.8. The lowest BCUT2D eigenvalue weighted by Crippen LogP contribution is -2.42. The number of halogens is 3. The zero-order valence-electron chi connectivity index (χ0n) is 13.6. The van der Waals surface area contributed by atoms with Crippen LogP contribution in [0, 0.1) is 0 Å². The quantitative estimate of drug-likeness (QED) is 0.555. The molecule has 0 aliphatic heterocycles. The molecule has 0 unspecified atom stereocenters. The number of alkyl halides is 3. The average Bonchev–Trinajstić information content (AvgIpc) is 2.61. The van der Waals surface area contributed by atoms with Crippen LogP contribution in [0.1, 0.15) is 0 Å². The molecule has 0 radical (unpaired) electrons. The summed E-state index contributed by atoms with van der Waals surface area (Å²) in [6, 6.07) is 18.0. The van der Waals surface area contributed by atoms with Crippen LogP contribution in [0.15, 0.2) is 60.7 Å². The van der Waals surface area contributed by atoms with Crippen molar-refractivity contribution in [3.8, 4) is 0 Å². The molecule has 0 aliphatic carbocycles. The van der Waals surface area contributed by atoms with E-state index in [4.69, 9.17) is 34.8 Å². The molecule has 0 saturated heterocycles. The highest BCUT2D eigenvalue weighted by molar-refractivity contribution is 7.65. The molecule has 2 aromatic carbocycles. The first kappa shape index (κ1) is 19.9. The Morgan fingerprint density at radius 1 is 0.880 bits per heavy atom. The second kappa shape index (κ2) is 7.88. The van der Waals surface area contributed by atoms with Crippen molar-refractivity contribution in [3.63, 3.8) is 0 Å². The molecule has 9 heteroatoms. The number of para-hydroxylation sites is 2. The maximum Gasteiger partial charge on any atom is 0.359 e. The van der Waals surface area contributed by atoms with E-state index in [0.29, 0.717) is 11.4 Å². The molecule has 0 fully saturated rings. The molecule has 0 heterocycles. The van der Waals surface area contributed by atoms with Crippen molar-refractivity contribution < 1.29 is 9.36 Å². The SMILES string of the molecule is CN(c1ccccc1)P(=O)(NC(=O)C(Cl)(Cl)Cl)N(C)c1ccccc1. The minimum absolute atomic E-state index is 0.637. The highest BCUT2D eigenvalue weighted by atomic mass is 35.6. The van der Waals surface area contributed by atoms with Crippen LogP contribution >= 0.6 is 42.4 Å². The molecule has 1 amide bonds. The number of carbonyl (C=O) groups excluding carboxylic acids is 1. The molecule has 0 spiro atoms. The van der Waals surface area contributed by atoms with E-state index in [-0.39, 0.29) is 0 Å². The molecule has 134 valence electrons. The molecule has 0 saturated carbocycles. The van der Waals surface area contributed by atoms with E-state index in [1.165, 1.54) is 9.34 Å². The Balaban J connectivity index is 2.47. The normalized spacial score (nSPS) is 11.7. The number of hydrogen-bond acceptors (Lipinski definition) is 2. The van der Waals surface area contributed by atoms with Crippen LogP contribution in [0.3, 0.4) is 0 Å². The van der Waals surface area contributed by atoms with Crippen molar-refractivity contribution in [2.45, 2.75) is 3.79 Å². The van der Waals surface area contributed by atoms with Crippen molar-refractivity contribution >= 4 is 59.7 Å². The van der Waals surface area contributed by atoms with Gasteiger partial charge < -0.3 is 0 Å². The fourth-order valence-corrected chi connectivity index (χ4v) is 4.51. The second-order valence-corrected chi connectivity index (χ2v) is 9.99. The number of hydrogen-bond donors (Lipinski definition) is 1. The molecule has 0 bridgehead atoms. The number of amides is 1. The van der Waals surface area contributed by atoms with E-state index in [1.54, 1.807) is 62.6 Å². The van der Waals surface area contributed by atoms with Gasteiger partial charge in [0.2, 0.25) is 0 Å². The van der Waals surface area contributed by atoms with E-state index >= 15 is 0 Å². The summed E-state index contributed by atoms with van der Waals surface area (Å²) in [5, 5.41) is 2.40. The molecule has 0 aromatic heterocycles. The summed E-state index contributed by atoms with van der Waals surface area (Å²) in [4.78, 5) is 12.2. The fourth-order valence-electron chi connectivity index (χ4n) is 2.15. The largest absolute Gasteiger partial charge is 0.359 e. The molecule has 2 aromatic rings. The van der Waals surface area contributed by atoms with E-state index in [2.05, 4.69) is 5.09 Å². The smallest absolute Gasteiger partial charge is 0.293 e. The van der Waals surface area contributed by atoms with Gasteiger partial charge in [0.05, 0.1) is 0 Å². The number of carbonyl (C=O) groups is 1. The number of rotatable bonds is 5. The topological polar surface area (TPSA) is 52.7 Å². The van der Waals surface area contributed by atoms with Crippen molar-refractivity contribution in [1.82, 2.24) is 5.09 Å². The van der Waals surface area contributed by atoms with Gasteiger partial charge in [-0.1, -0.05) is 71.2 Å². The number of nitrogens with one attached hydrogen (secondary N) is 1. The first-order valence-electron chi connectivity index (χ1n) is 7.24. The lowest BCUT2D eigenvalue weighted by Gasteiger charge is -2.37. The Morgan fingerprint density at radius 2 is 1.24 bits per heavy atom. The van der Waals surface area contributed by atoms with E-state index in [0.717, 1.165) is 0 Å². The van der Waals surface area contributed by atoms with E-state index in [9.17, 15) is 9.36 Å². The van der Waals surface area contributed by atoms with Crippen LogP contribution in [0.4, 0.5) is 11.4 Å². The third kappa shape index (κ3) is 4.62. The third-order valence-corrected chi connectivity index (χ3v) is 6.68. The Kier molecular flexibility index (Phi) is 6.28. The van der Waals surface area contributed by atoms with Gasteiger partial charge in [0.25, 0.3) is 9.70 Å². The monoisotopic (exact) mass is 419 g/mol. The van der Waals surface area contributed by atoms with Crippen LogP contribution in [0.2, 0.25) is 0 Å². The van der Waals surface area contributed by atoms with Gasteiger partial charge >= 0.3 is 7.59 Å². The van der Waals surface area contributed by atoms with Crippen LogP contribution in [-0.4, -0.2) is 23.8 Å².